The van der Waals surface area contributed by atoms with Crippen LogP contribution in [-0.4, -0.2) is 57.9 Å². The molecule has 0 atom stereocenters. The van der Waals surface area contributed by atoms with Crippen molar-refractivity contribution in [2.75, 3.05) is 47.0 Å². The van der Waals surface area contributed by atoms with Crippen LogP contribution in [-0.2, 0) is 4.74 Å². The van der Waals surface area contributed by atoms with E-state index < -0.39 is 0 Å². The lowest BCUT2D eigenvalue weighted by atomic mass is 10.3. The van der Waals surface area contributed by atoms with Gasteiger partial charge in [0.05, 0.1) is 13.2 Å². The van der Waals surface area contributed by atoms with Gasteiger partial charge in [-0.05, 0) is 19.1 Å². The average Bonchev–Trinajstić information content (AvgIpc) is 2.48. The number of likely N-dealkylation sites (N-methyl/N-ethyl adjacent to an activating group) is 1. The van der Waals surface area contributed by atoms with Gasteiger partial charge in [0.15, 0.2) is 5.96 Å². The largest absolute Gasteiger partial charge is 0.492 e. The number of nitrogens with zero attached hydrogens (tertiary/aromatic N) is 2. The summed E-state index contributed by atoms with van der Waals surface area (Å²) in [6, 6.07) is 9.81. The fourth-order valence-corrected chi connectivity index (χ4v) is 1.69. The highest BCUT2D eigenvalue weighted by Crippen LogP contribution is 2.07. The summed E-state index contributed by atoms with van der Waals surface area (Å²) < 4.78 is 11.0. The number of halogens is 1. The Morgan fingerprint density at radius 2 is 1.95 bits per heavy atom. The third kappa shape index (κ3) is 8.77. The Labute approximate surface area is 144 Å². The quantitative estimate of drug-likeness (QED) is 0.311. The van der Waals surface area contributed by atoms with Crippen LogP contribution >= 0.6 is 24.0 Å². The van der Waals surface area contributed by atoms with Crippen molar-refractivity contribution in [2.45, 2.75) is 6.92 Å². The molecule has 0 aliphatic heterocycles. The van der Waals surface area contributed by atoms with Gasteiger partial charge >= 0.3 is 0 Å². The summed E-state index contributed by atoms with van der Waals surface area (Å²) in [5, 5.41) is 3.25. The Morgan fingerprint density at radius 1 is 1.24 bits per heavy atom. The highest BCUT2D eigenvalue weighted by molar-refractivity contribution is 14.0. The lowest BCUT2D eigenvalue weighted by Crippen LogP contribution is -2.42. The van der Waals surface area contributed by atoms with Gasteiger partial charge in [-0.3, -0.25) is 4.99 Å². The van der Waals surface area contributed by atoms with Gasteiger partial charge in [-0.1, -0.05) is 18.2 Å². The lowest BCUT2D eigenvalue weighted by molar-refractivity contribution is 0.152. The average molecular weight is 407 g/mol. The van der Waals surface area contributed by atoms with Crippen molar-refractivity contribution < 1.29 is 9.47 Å². The van der Waals surface area contributed by atoms with Crippen LogP contribution in [0.2, 0.25) is 0 Å². The second kappa shape index (κ2) is 12.7. The van der Waals surface area contributed by atoms with E-state index in [1.54, 1.807) is 7.05 Å². The molecule has 120 valence electrons. The van der Waals surface area contributed by atoms with E-state index in [0.717, 1.165) is 31.4 Å². The van der Waals surface area contributed by atoms with Crippen molar-refractivity contribution in [1.29, 1.82) is 0 Å². The number of aliphatic imine (C=N–C) groups is 1. The van der Waals surface area contributed by atoms with E-state index in [1.165, 1.54) is 0 Å². The van der Waals surface area contributed by atoms with Gasteiger partial charge in [0.2, 0.25) is 0 Å². The normalized spacial score (nSPS) is 10.7. The minimum Gasteiger partial charge on any atom is -0.492 e. The molecule has 0 radical (unpaired) electrons. The fraction of sp³-hybridized carbons (Fsp3) is 0.533. The summed E-state index contributed by atoms with van der Waals surface area (Å²) in [4.78, 5) is 6.27. The predicted octanol–water partition coefficient (Wildman–Crippen LogP) is 2.23. The lowest BCUT2D eigenvalue weighted by Gasteiger charge is -2.22. The van der Waals surface area contributed by atoms with E-state index in [0.29, 0.717) is 13.2 Å². The Bertz CT molecular complexity index is 388. The zero-order valence-electron chi connectivity index (χ0n) is 13.0. The summed E-state index contributed by atoms with van der Waals surface area (Å²) in [5.74, 6) is 1.74. The molecule has 0 bridgehead atoms. The van der Waals surface area contributed by atoms with E-state index in [4.69, 9.17) is 9.47 Å². The van der Waals surface area contributed by atoms with Crippen molar-refractivity contribution >= 4 is 29.9 Å². The molecule has 1 rings (SSSR count). The summed E-state index contributed by atoms with van der Waals surface area (Å²) in [6.45, 7) is 5.55. The van der Waals surface area contributed by atoms with E-state index >= 15 is 0 Å². The molecule has 21 heavy (non-hydrogen) atoms. The van der Waals surface area contributed by atoms with Crippen molar-refractivity contribution in [3.63, 3.8) is 0 Å². The highest BCUT2D eigenvalue weighted by Gasteiger charge is 2.05. The van der Waals surface area contributed by atoms with Crippen molar-refractivity contribution in [3.8, 4) is 5.75 Å². The standard InChI is InChI=1S/C15H25N3O2.HI/c1-4-19-12-10-17-15(16-2)18(3)11-13-20-14-8-6-5-7-9-14;/h5-9H,4,10-13H2,1-3H3,(H,16,17);1H. The molecule has 1 N–H and O–H groups in total. The molecular formula is C15H26IN3O2. The van der Waals surface area contributed by atoms with E-state index in [-0.39, 0.29) is 24.0 Å². The maximum absolute atomic E-state index is 5.67. The van der Waals surface area contributed by atoms with Gasteiger partial charge < -0.3 is 19.7 Å². The van der Waals surface area contributed by atoms with Crippen LogP contribution in [0, 0.1) is 0 Å². The molecule has 0 saturated carbocycles. The van der Waals surface area contributed by atoms with E-state index in [9.17, 15) is 0 Å². The first-order chi connectivity index (χ1) is 9.77. The second-order valence-electron chi connectivity index (χ2n) is 4.25. The first-order valence-corrected chi connectivity index (χ1v) is 6.95. The van der Waals surface area contributed by atoms with Crippen molar-refractivity contribution in [2.24, 2.45) is 4.99 Å². The monoisotopic (exact) mass is 407 g/mol. The molecule has 1 aromatic rings. The molecule has 6 heteroatoms. The van der Waals surface area contributed by atoms with Crippen LogP contribution in [0.5, 0.6) is 5.75 Å². The zero-order valence-corrected chi connectivity index (χ0v) is 15.4. The van der Waals surface area contributed by atoms with Gasteiger partial charge in [-0.25, -0.2) is 0 Å². The molecular weight excluding hydrogens is 381 g/mol. The number of rotatable bonds is 8. The minimum atomic E-state index is 0. The molecule has 0 aliphatic rings. The van der Waals surface area contributed by atoms with Gasteiger partial charge in [0.25, 0.3) is 0 Å². The first-order valence-electron chi connectivity index (χ1n) is 6.95. The smallest absolute Gasteiger partial charge is 0.193 e. The first kappa shape index (κ1) is 20.0. The van der Waals surface area contributed by atoms with Gasteiger partial charge in [0, 0.05) is 27.2 Å². The van der Waals surface area contributed by atoms with Crippen molar-refractivity contribution in [1.82, 2.24) is 10.2 Å². The van der Waals surface area contributed by atoms with E-state index in [2.05, 4.69) is 10.3 Å². The van der Waals surface area contributed by atoms with Crippen LogP contribution in [0.25, 0.3) is 0 Å². The van der Waals surface area contributed by atoms with Crippen LogP contribution in [0.3, 0.4) is 0 Å². The van der Waals surface area contributed by atoms with Gasteiger partial charge in [-0.2, -0.15) is 0 Å². The molecule has 0 saturated heterocycles. The van der Waals surface area contributed by atoms with Crippen LogP contribution < -0.4 is 10.1 Å². The Morgan fingerprint density at radius 3 is 2.57 bits per heavy atom. The minimum absolute atomic E-state index is 0. The summed E-state index contributed by atoms with van der Waals surface area (Å²) in [6.07, 6.45) is 0. The number of benzene rings is 1. The summed E-state index contributed by atoms with van der Waals surface area (Å²) in [5.41, 5.74) is 0. The van der Waals surface area contributed by atoms with E-state index in [1.807, 2.05) is 49.2 Å². The molecule has 0 fully saturated rings. The van der Waals surface area contributed by atoms with Crippen molar-refractivity contribution in [3.05, 3.63) is 30.3 Å². The molecule has 5 nitrogen and oxygen atoms in total. The van der Waals surface area contributed by atoms with Crippen LogP contribution in [0.1, 0.15) is 6.92 Å². The molecule has 0 aromatic heterocycles. The zero-order chi connectivity index (χ0) is 14.6. The number of nitrogens with one attached hydrogen (secondary N) is 1. The van der Waals surface area contributed by atoms with Gasteiger partial charge in [0.1, 0.15) is 12.4 Å². The predicted molar refractivity (Wildman–Crippen MR) is 97.8 cm³/mol. The molecule has 0 aliphatic carbocycles. The second-order valence-corrected chi connectivity index (χ2v) is 4.25. The number of guanidine groups is 1. The third-order valence-corrected chi connectivity index (χ3v) is 2.75. The van der Waals surface area contributed by atoms with Crippen LogP contribution in [0.15, 0.2) is 35.3 Å². The number of ether oxygens (including phenoxy) is 2. The number of hydrogen-bond acceptors (Lipinski definition) is 3. The maximum atomic E-state index is 5.67. The highest BCUT2D eigenvalue weighted by atomic mass is 127. The number of para-hydroxylation sites is 1. The summed E-state index contributed by atoms with van der Waals surface area (Å²) >= 11 is 0. The topological polar surface area (TPSA) is 46.1 Å². The Balaban J connectivity index is 0.00000400. The van der Waals surface area contributed by atoms with Gasteiger partial charge in [-0.15, -0.1) is 24.0 Å². The third-order valence-electron chi connectivity index (χ3n) is 2.75. The SMILES string of the molecule is CCOCCNC(=NC)N(C)CCOc1ccccc1.I. The Kier molecular flexibility index (Phi) is 12.1. The molecule has 0 heterocycles. The van der Waals surface area contributed by atoms with Crippen LogP contribution in [0.4, 0.5) is 0 Å². The number of hydrogen-bond donors (Lipinski definition) is 1. The fourth-order valence-electron chi connectivity index (χ4n) is 1.69. The molecule has 0 unspecified atom stereocenters. The molecule has 0 amide bonds. The Hall–Kier alpha value is -1.02. The molecule has 0 spiro atoms. The maximum Gasteiger partial charge on any atom is 0.193 e. The summed E-state index contributed by atoms with van der Waals surface area (Å²) in [7, 11) is 3.77. The molecule has 1 aromatic carbocycles.